The molecule has 0 saturated carbocycles. The van der Waals surface area contributed by atoms with Gasteiger partial charge in [0.05, 0.1) is 10.3 Å². The van der Waals surface area contributed by atoms with Crippen LogP contribution in [-0.4, -0.2) is 29.0 Å². The lowest BCUT2D eigenvalue weighted by atomic mass is 10.1. The van der Waals surface area contributed by atoms with Crippen LogP contribution in [0.4, 0.5) is 11.5 Å². The number of piperidine rings is 1. The number of aryl methyl sites for hydroxylation is 3. The molecule has 1 aliphatic heterocycles. The van der Waals surface area contributed by atoms with Crippen LogP contribution in [-0.2, 0) is 6.42 Å². The number of benzene rings is 1. The van der Waals surface area contributed by atoms with E-state index in [4.69, 9.17) is 4.98 Å². The number of rotatable bonds is 4. The van der Waals surface area contributed by atoms with Crippen molar-refractivity contribution in [3.05, 3.63) is 46.1 Å². The number of anilines is 2. The minimum Gasteiger partial charge on any atom is -0.356 e. The average Bonchev–Trinajstić information content (AvgIpc) is 3.05. The molecule has 3 aromatic rings. The lowest BCUT2D eigenvalue weighted by Gasteiger charge is -2.28. The maximum absolute atomic E-state index is 13.1. The van der Waals surface area contributed by atoms with E-state index in [1.807, 2.05) is 32.0 Å². The van der Waals surface area contributed by atoms with Gasteiger partial charge in [-0.05, 0) is 56.7 Å². The Morgan fingerprint density at radius 1 is 1.14 bits per heavy atom. The molecule has 1 fully saturated rings. The van der Waals surface area contributed by atoms with Crippen molar-refractivity contribution in [3.63, 3.8) is 0 Å². The first-order valence-electron chi connectivity index (χ1n) is 10.0. The first kappa shape index (κ1) is 18.9. The summed E-state index contributed by atoms with van der Waals surface area (Å²) in [6.07, 6.45) is 4.53. The fourth-order valence-corrected chi connectivity index (χ4v) is 5.02. The van der Waals surface area contributed by atoms with Crippen LogP contribution >= 0.6 is 11.3 Å². The summed E-state index contributed by atoms with van der Waals surface area (Å²) in [5.74, 6) is 1.69. The fourth-order valence-electron chi connectivity index (χ4n) is 3.90. The number of carbonyl (C=O) groups excluding carboxylic acids is 1. The molecule has 0 unspecified atom stereocenters. The zero-order valence-corrected chi connectivity index (χ0v) is 17.5. The van der Waals surface area contributed by atoms with Crippen LogP contribution in [0.2, 0.25) is 0 Å². The van der Waals surface area contributed by atoms with Gasteiger partial charge in [0.2, 0.25) is 0 Å². The lowest BCUT2D eigenvalue weighted by molar-refractivity contribution is 0.103. The van der Waals surface area contributed by atoms with E-state index in [0.717, 1.165) is 63.1 Å². The first-order chi connectivity index (χ1) is 13.6. The van der Waals surface area contributed by atoms with Crippen LogP contribution in [0.15, 0.2) is 24.3 Å². The van der Waals surface area contributed by atoms with Gasteiger partial charge in [0.15, 0.2) is 0 Å². The predicted octanol–water partition coefficient (Wildman–Crippen LogP) is 5.11. The third-order valence-corrected chi connectivity index (χ3v) is 6.58. The molecule has 0 aliphatic carbocycles. The molecule has 0 atom stereocenters. The topological polar surface area (TPSA) is 58.1 Å². The molecule has 1 amide bonds. The van der Waals surface area contributed by atoms with Crippen LogP contribution in [0.3, 0.4) is 0 Å². The minimum atomic E-state index is -0.0661. The Bertz CT molecular complexity index is 1020. The molecule has 5 nitrogen and oxygen atoms in total. The van der Waals surface area contributed by atoms with Gasteiger partial charge in [0.25, 0.3) is 5.91 Å². The molecule has 1 aromatic carbocycles. The molecule has 28 heavy (non-hydrogen) atoms. The summed E-state index contributed by atoms with van der Waals surface area (Å²) < 4.78 is 0. The molecule has 0 spiro atoms. The molecule has 0 bridgehead atoms. The molecule has 4 rings (SSSR count). The zero-order valence-electron chi connectivity index (χ0n) is 16.7. The second kappa shape index (κ2) is 7.87. The van der Waals surface area contributed by atoms with Crippen LogP contribution in [0.25, 0.3) is 10.2 Å². The third-order valence-electron chi connectivity index (χ3n) is 5.39. The molecular formula is C22H26N4OS. The highest BCUT2D eigenvalue weighted by atomic mass is 32.1. The van der Waals surface area contributed by atoms with Crippen LogP contribution in [0, 0.1) is 13.8 Å². The number of hydrogen-bond donors (Lipinski definition) is 1. The number of carbonyl (C=O) groups is 1. The van der Waals surface area contributed by atoms with Crippen molar-refractivity contribution in [3.8, 4) is 0 Å². The van der Waals surface area contributed by atoms with E-state index in [0.29, 0.717) is 0 Å². The second-order valence-corrected chi connectivity index (χ2v) is 8.34. The SMILES string of the molecule is CCc1ccccc1NC(=O)c1sc2nc(C)nc(N3CCCCC3)c2c1C. The Hall–Kier alpha value is -2.47. The summed E-state index contributed by atoms with van der Waals surface area (Å²) in [7, 11) is 0. The van der Waals surface area contributed by atoms with Gasteiger partial charge in [0, 0.05) is 18.8 Å². The van der Waals surface area contributed by atoms with Gasteiger partial charge in [-0.15, -0.1) is 11.3 Å². The molecule has 1 saturated heterocycles. The van der Waals surface area contributed by atoms with Gasteiger partial charge in [-0.2, -0.15) is 0 Å². The van der Waals surface area contributed by atoms with Gasteiger partial charge in [0.1, 0.15) is 16.5 Å². The van der Waals surface area contributed by atoms with Crippen LogP contribution in [0.5, 0.6) is 0 Å². The largest absolute Gasteiger partial charge is 0.356 e. The van der Waals surface area contributed by atoms with E-state index in [2.05, 4.69) is 28.2 Å². The highest BCUT2D eigenvalue weighted by molar-refractivity contribution is 7.20. The number of hydrogen-bond acceptors (Lipinski definition) is 5. The van der Waals surface area contributed by atoms with Crippen molar-refractivity contribution in [2.45, 2.75) is 46.5 Å². The van der Waals surface area contributed by atoms with E-state index >= 15 is 0 Å². The molecule has 3 heterocycles. The van der Waals surface area contributed by atoms with E-state index in [9.17, 15) is 4.79 Å². The summed E-state index contributed by atoms with van der Waals surface area (Å²) in [4.78, 5) is 26.5. The molecule has 1 N–H and O–H groups in total. The maximum atomic E-state index is 13.1. The van der Waals surface area contributed by atoms with Crippen molar-refractivity contribution in [2.75, 3.05) is 23.3 Å². The fraction of sp³-hybridized carbons (Fsp3) is 0.409. The number of aromatic nitrogens is 2. The van der Waals surface area contributed by atoms with Gasteiger partial charge in [-0.1, -0.05) is 25.1 Å². The Morgan fingerprint density at radius 3 is 2.64 bits per heavy atom. The number of amides is 1. The molecule has 0 radical (unpaired) electrons. The number of nitrogens with zero attached hydrogens (tertiary/aromatic N) is 3. The van der Waals surface area contributed by atoms with Crippen molar-refractivity contribution in [1.29, 1.82) is 0 Å². The van der Waals surface area contributed by atoms with Crippen LogP contribution in [0.1, 0.15) is 52.8 Å². The van der Waals surface area contributed by atoms with E-state index in [-0.39, 0.29) is 5.91 Å². The highest BCUT2D eigenvalue weighted by Gasteiger charge is 2.24. The number of thiophene rings is 1. The van der Waals surface area contributed by atoms with Crippen molar-refractivity contribution in [1.82, 2.24) is 9.97 Å². The number of nitrogens with one attached hydrogen (secondary N) is 1. The quantitative estimate of drug-likeness (QED) is 0.668. The Labute approximate surface area is 169 Å². The Morgan fingerprint density at radius 2 is 1.89 bits per heavy atom. The number of fused-ring (bicyclic) bond motifs is 1. The summed E-state index contributed by atoms with van der Waals surface area (Å²) in [5, 5.41) is 4.14. The lowest BCUT2D eigenvalue weighted by Crippen LogP contribution is -2.30. The van der Waals surface area contributed by atoms with E-state index in [1.54, 1.807) is 0 Å². The summed E-state index contributed by atoms with van der Waals surface area (Å²) in [5.41, 5.74) is 3.00. The molecule has 2 aromatic heterocycles. The normalized spacial score (nSPS) is 14.5. The predicted molar refractivity (Wildman–Crippen MR) is 117 cm³/mol. The second-order valence-electron chi connectivity index (χ2n) is 7.34. The minimum absolute atomic E-state index is 0.0661. The third kappa shape index (κ3) is 3.49. The van der Waals surface area contributed by atoms with E-state index < -0.39 is 0 Å². The summed E-state index contributed by atoms with van der Waals surface area (Å²) in [6, 6.07) is 7.97. The average molecular weight is 395 g/mol. The van der Waals surface area contributed by atoms with E-state index in [1.165, 1.54) is 30.6 Å². The standard InChI is InChI=1S/C22H26N4OS/c1-4-16-10-6-7-11-17(16)25-21(27)19-14(2)18-20(26-12-8-5-9-13-26)23-15(3)24-22(18)28-19/h6-7,10-11H,4-5,8-9,12-13H2,1-3H3,(H,25,27). The molecule has 6 heteroatoms. The number of para-hydroxylation sites is 1. The van der Waals surface area contributed by atoms with Gasteiger partial charge in [-0.25, -0.2) is 9.97 Å². The molecule has 146 valence electrons. The van der Waals surface area contributed by atoms with Crippen molar-refractivity contribution in [2.24, 2.45) is 0 Å². The Balaban J connectivity index is 1.74. The van der Waals surface area contributed by atoms with Gasteiger partial charge in [-0.3, -0.25) is 4.79 Å². The van der Waals surface area contributed by atoms with Gasteiger partial charge < -0.3 is 10.2 Å². The highest BCUT2D eigenvalue weighted by Crippen LogP contribution is 2.36. The van der Waals surface area contributed by atoms with Gasteiger partial charge >= 0.3 is 0 Å². The smallest absolute Gasteiger partial charge is 0.266 e. The first-order valence-corrected chi connectivity index (χ1v) is 10.8. The summed E-state index contributed by atoms with van der Waals surface area (Å²) >= 11 is 1.47. The molecular weight excluding hydrogens is 368 g/mol. The Kier molecular flexibility index (Phi) is 5.31. The zero-order chi connectivity index (χ0) is 19.7. The molecule has 1 aliphatic rings. The summed E-state index contributed by atoms with van der Waals surface area (Å²) in [6.45, 7) is 8.09. The van der Waals surface area contributed by atoms with Crippen LogP contribution < -0.4 is 10.2 Å². The van der Waals surface area contributed by atoms with Crippen molar-refractivity contribution < 1.29 is 4.79 Å². The maximum Gasteiger partial charge on any atom is 0.266 e. The monoisotopic (exact) mass is 394 g/mol. The van der Waals surface area contributed by atoms with Crippen molar-refractivity contribution >= 4 is 39.0 Å².